The third-order valence-corrected chi connectivity index (χ3v) is 3.22. The number of nitrogens with one attached hydrogen (secondary N) is 1. The topological polar surface area (TPSA) is 82.2 Å². The van der Waals surface area contributed by atoms with Gasteiger partial charge in [-0.3, -0.25) is 9.69 Å². The fourth-order valence-corrected chi connectivity index (χ4v) is 2.21. The molecule has 19 heavy (non-hydrogen) atoms. The summed E-state index contributed by atoms with van der Waals surface area (Å²) in [7, 11) is 0. The van der Waals surface area contributed by atoms with Crippen LogP contribution in [0.2, 0.25) is 0 Å². The van der Waals surface area contributed by atoms with Crippen molar-refractivity contribution in [1.82, 2.24) is 10.2 Å². The van der Waals surface area contributed by atoms with Gasteiger partial charge in [0.05, 0.1) is 5.56 Å². The van der Waals surface area contributed by atoms with Crippen LogP contribution in [-0.2, 0) is 11.3 Å². The van der Waals surface area contributed by atoms with E-state index in [-0.39, 0.29) is 17.5 Å². The summed E-state index contributed by atoms with van der Waals surface area (Å²) in [5, 5.41) is 11.9. The number of nitriles is 1. The zero-order chi connectivity index (χ0) is 13.8. The minimum absolute atomic E-state index is 0.0169. The van der Waals surface area contributed by atoms with Crippen molar-refractivity contribution in [1.29, 1.82) is 5.26 Å². The second-order valence-corrected chi connectivity index (χ2v) is 4.52. The Bertz CT molecular complexity index is 526. The van der Waals surface area contributed by atoms with E-state index in [0.29, 0.717) is 19.6 Å². The van der Waals surface area contributed by atoms with Crippen LogP contribution in [0, 0.1) is 17.1 Å². The average molecular weight is 262 g/mol. The van der Waals surface area contributed by atoms with Gasteiger partial charge in [0, 0.05) is 26.2 Å². The standard InChI is InChI=1S/C13H15FN4O/c14-11-2-1-9(5-10(11)6-15)8-18-4-3-17-7-12(18)13(16)19/h1-2,5,12,17H,3-4,7-8H2,(H2,16,19). The van der Waals surface area contributed by atoms with Crippen LogP contribution in [0.15, 0.2) is 18.2 Å². The molecule has 0 saturated carbocycles. The third-order valence-electron chi connectivity index (χ3n) is 3.22. The summed E-state index contributed by atoms with van der Waals surface area (Å²) in [4.78, 5) is 13.3. The molecule has 1 aliphatic rings. The van der Waals surface area contributed by atoms with Crippen molar-refractivity contribution in [2.24, 2.45) is 5.73 Å². The predicted molar refractivity (Wildman–Crippen MR) is 67.4 cm³/mol. The van der Waals surface area contributed by atoms with E-state index in [0.717, 1.165) is 12.1 Å². The van der Waals surface area contributed by atoms with Crippen LogP contribution >= 0.6 is 0 Å². The van der Waals surface area contributed by atoms with Gasteiger partial charge in [0.1, 0.15) is 17.9 Å². The Morgan fingerprint density at radius 1 is 1.63 bits per heavy atom. The van der Waals surface area contributed by atoms with Crippen molar-refractivity contribution in [3.8, 4) is 6.07 Å². The fourth-order valence-electron chi connectivity index (χ4n) is 2.21. The Labute approximate surface area is 110 Å². The number of benzene rings is 1. The van der Waals surface area contributed by atoms with Gasteiger partial charge in [-0.25, -0.2) is 4.39 Å². The maximum atomic E-state index is 13.2. The van der Waals surface area contributed by atoms with Crippen molar-refractivity contribution in [3.63, 3.8) is 0 Å². The molecule has 1 unspecified atom stereocenters. The van der Waals surface area contributed by atoms with Gasteiger partial charge in [0.15, 0.2) is 0 Å². The Kier molecular flexibility index (Phi) is 4.10. The SMILES string of the molecule is N#Cc1cc(CN2CCNCC2C(N)=O)ccc1F. The lowest BCUT2D eigenvalue weighted by atomic mass is 10.1. The first-order valence-electron chi connectivity index (χ1n) is 6.04. The van der Waals surface area contributed by atoms with E-state index in [4.69, 9.17) is 11.0 Å². The molecule has 100 valence electrons. The predicted octanol–water partition coefficient (Wildman–Crippen LogP) is -0.0435. The van der Waals surface area contributed by atoms with E-state index in [1.54, 1.807) is 6.07 Å². The van der Waals surface area contributed by atoms with Crippen molar-refractivity contribution >= 4 is 5.91 Å². The van der Waals surface area contributed by atoms with Crippen molar-refractivity contribution < 1.29 is 9.18 Å². The maximum absolute atomic E-state index is 13.2. The number of amides is 1. The van der Waals surface area contributed by atoms with Crippen LogP contribution in [0.5, 0.6) is 0 Å². The molecule has 0 aromatic heterocycles. The van der Waals surface area contributed by atoms with Gasteiger partial charge < -0.3 is 11.1 Å². The molecule has 1 atom stereocenters. The highest BCUT2D eigenvalue weighted by molar-refractivity contribution is 5.80. The van der Waals surface area contributed by atoms with Gasteiger partial charge in [-0.1, -0.05) is 6.07 Å². The summed E-state index contributed by atoms with van der Waals surface area (Å²) in [6, 6.07) is 5.84. The van der Waals surface area contributed by atoms with Crippen LogP contribution in [0.25, 0.3) is 0 Å². The molecule has 0 aliphatic carbocycles. The first-order chi connectivity index (χ1) is 9.11. The maximum Gasteiger partial charge on any atom is 0.236 e. The quantitative estimate of drug-likeness (QED) is 0.800. The summed E-state index contributed by atoms with van der Waals surface area (Å²) in [5.74, 6) is -0.909. The molecule has 3 N–H and O–H groups in total. The fraction of sp³-hybridized carbons (Fsp3) is 0.385. The summed E-state index contributed by atoms with van der Waals surface area (Å²) < 4.78 is 13.2. The highest BCUT2D eigenvalue weighted by atomic mass is 19.1. The molecule has 5 nitrogen and oxygen atoms in total. The van der Waals surface area contributed by atoms with E-state index in [1.165, 1.54) is 12.1 Å². The molecule has 1 aromatic carbocycles. The number of carbonyl (C=O) groups excluding carboxylic acids is 1. The van der Waals surface area contributed by atoms with Crippen molar-refractivity contribution in [3.05, 3.63) is 35.1 Å². The second-order valence-electron chi connectivity index (χ2n) is 4.52. The van der Waals surface area contributed by atoms with Crippen molar-refractivity contribution in [2.75, 3.05) is 19.6 Å². The minimum atomic E-state index is -0.530. The van der Waals surface area contributed by atoms with E-state index in [9.17, 15) is 9.18 Å². The molecule has 1 heterocycles. The zero-order valence-electron chi connectivity index (χ0n) is 10.4. The number of piperazine rings is 1. The molecule has 0 spiro atoms. The van der Waals surface area contributed by atoms with Gasteiger partial charge in [-0.05, 0) is 17.7 Å². The number of nitrogens with zero attached hydrogens (tertiary/aromatic N) is 2. The largest absolute Gasteiger partial charge is 0.368 e. The molecule has 0 bridgehead atoms. The van der Waals surface area contributed by atoms with Crippen LogP contribution in [0.1, 0.15) is 11.1 Å². The Balaban J connectivity index is 2.15. The van der Waals surface area contributed by atoms with Gasteiger partial charge in [-0.15, -0.1) is 0 Å². The Hall–Kier alpha value is -1.97. The van der Waals surface area contributed by atoms with E-state index in [2.05, 4.69) is 5.32 Å². The number of hydrogen-bond donors (Lipinski definition) is 2. The normalized spacial score (nSPS) is 19.9. The molecule has 1 amide bonds. The van der Waals surface area contributed by atoms with Crippen LogP contribution < -0.4 is 11.1 Å². The first kappa shape index (κ1) is 13.5. The highest BCUT2D eigenvalue weighted by Crippen LogP contribution is 2.14. The lowest BCUT2D eigenvalue weighted by Crippen LogP contribution is -2.56. The molecule has 6 heteroatoms. The lowest BCUT2D eigenvalue weighted by Gasteiger charge is -2.34. The number of primary amides is 1. The average Bonchev–Trinajstić information content (AvgIpc) is 2.41. The van der Waals surface area contributed by atoms with Gasteiger partial charge in [0.2, 0.25) is 5.91 Å². The molecular formula is C13H15FN4O. The summed E-state index contributed by atoms with van der Waals surface area (Å²) >= 11 is 0. The number of carbonyl (C=O) groups is 1. The smallest absolute Gasteiger partial charge is 0.236 e. The molecule has 0 radical (unpaired) electrons. The number of halogens is 1. The molecule has 1 aromatic rings. The highest BCUT2D eigenvalue weighted by Gasteiger charge is 2.26. The second kappa shape index (κ2) is 5.78. The summed E-state index contributed by atoms with van der Waals surface area (Å²) in [6.07, 6.45) is 0. The zero-order valence-corrected chi connectivity index (χ0v) is 10.4. The van der Waals surface area contributed by atoms with E-state index in [1.807, 2.05) is 11.0 Å². The number of rotatable bonds is 3. The van der Waals surface area contributed by atoms with Crippen LogP contribution in [0.4, 0.5) is 4.39 Å². The molecule has 2 rings (SSSR count). The van der Waals surface area contributed by atoms with Gasteiger partial charge >= 0.3 is 0 Å². The lowest BCUT2D eigenvalue weighted by molar-refractivity contribution is -0.124. The van der Waals surface area contributed by atoms with E-state index < -0.39 is 5.82 Å². The third kappa shape index (κ3) is 3.08. The molecule has 1 fully saturated rings. The molecular weight excluding hydrogens is 247 g/mol. The summed E-state index contributed by atoms with van der Waals surface area (Å²) in [5.41, 5.74) is 6.17. The Morgan fingerprint density at radius 2 is 2.42 bits per heavy atom. The number of hydrogen-bond acceptors (Lipinski definition) is 4. The monoisotopic (exact) mass is 262 g/mol. The van der Waals surface area contributed by atoms with Crippen LogP contribution in [0.3, 0.4) is 0 Å². The Morgan fingerprint density at radius 3 is 3.11 bits per heavy atom. The van der Waals surface area contributed by atoms with Gasteiger partial charge in [0.25, 0.3) is 0 Å². The minimum Gasteiger partial charge on any atom is -0.368 e. The van der Waals surface area contributed by atoms with E-state index >= 15 is 0 Å². The molecule has 1 saturated heterocycles. The molecule has 1 aliphatic heterocycles. The van der Waals surface area contributed by atoms with Crippen molar-refractivity contribution in [2.45, 2.75) is 12.6 Å². The first-order valence-corrected chi connectivity index (χ1v) is 6.04. The summed E-state index contributed by atoms with van der Waals surface area (Å²) in [6.45, 7) is 2.45. The van der Waals surface area contributed by atoms with Gasteiger partial charge in [-0.2, -0.15) is 5.26 Å². The number of nitrogens with two attached hydrogens (primary N) is 1. The van der Waals surface area contributed by atoms with Crippen LogP contribution in [-0.4, -0.2) is 36.5 Å².